The summed E-state index contributed by atoms with van der Waals surface area (Å²) in [5, 5.41) is 21.1. The molecule has 0 spiro atoms. The van der Waals surface area contributed by atoms with Gasteiger partial charge in [-0.2, -0.15) is 5.26 Å². The van der Waals surface area contributed by atoms with Crippen LogP contribution < -0.4 is 5.32 Å². The fourth-order valence-electron chi connectivity index (χ4n) is 2.36. The summed E-state index contributed by atoms with van der Waals surface area (Å²) in [5.74, 6) is -0.938. The van der Waals surface area contributed by atoms with E-state index in [4.69, 9.17) is 14.7 Å². The molecule has 6 heteroatoms. The Morgan fingerprint density at radius 2 is 2.36 bits per heavy atom. The topological polar surface area (TPSA) is 91.6 Å². The molecule has 1 aliphatic heterocycles. The van der Waals surface area contributed by atoms with Crippen LogP contribution in [0.3, 0.4) is 0 Å². The van der Waals surface area contributed by atoms with Crippen molar-refractivity contribution in [2.45, 2.75) is 38.2 Å². The van der Waals surface area contributed by atoms with Gasteiger partial charge in [-0.1, -0.05) is 12.1 Å². The van der Waals surface area contributed by atoms with E-state index in [9.17, 15) is 9.90 Å². The number of nitriles is 1. The molecule has 2 rings (SSSR count). The molecular formula is C16H20N2O4. The van der Waals surface area contributed by atoms with E-state index in [1.165, 1.54) is 0 Å². The van der Waals surface area contributed by atoms with Gasteiger partial charge in [-0.05, 0) is 31.5 Å². The molecule has 1 aromatic rings. The second kappa shape index (κ2) is 6.88. The van der Waals surface area contributed by atoms with Crippen LogP contribution in [0, 0.1) is 11.3 Å². The lowest BCUT2D eigenvalue weighted by Gasteiger charge is -2.23. The van der Waals surface area contributed by atoms with Gasteiger partial charge in [0, 0.05) is 0 Å². The maximum Gasteiger partial charge on any atom is 0.224 e. The normalized spacial score (nSPS) is 21.1. The van der Waals surface area contributed by atoms with Crippen LogP contribution in [0.15, 0.2) is 24.3 Å². The first-order chi connectivity index (χ1) is 10.4. The van der Waals surface area contributed by atoms with E-state index in [1.807, 2.05) is 6.07 Å². The van der Waals surface area contributed by atoms with Crippen LogP contribution in [0.2, 0.25) is 0 Å². The molecule has 1 heterocycles. The lowest BCUT2D eigenvalue weighted by Crippen LogP contribution is -2.47. The van der Waals surface area contributed by atoms with Gasteiger partial charge in [0.2, 0.25) is 5.91 Å². The molecule has 1 aliphatic rings. The number of rotatable bonds is 5. The lowest BCUT2D eigenvalue weighted by atomic mass is 10.1. The minimum Gasteiger partial charge on any atom is -0.394 e. The Kier molecular flexibility index (Phi) is 5.14. The number of carbonyl (C=O) groups is 1. The number of aliphatic hydroxyl groups is 1. The van der Waals surface area contributed by atoms with Crippen LogP contribution in [0.4, 0.5) is 0 Å². The van der Waals surface area contributed by atoms with Crippen LogP contribution in [-0.4, -0.2) is 42.2 Å². The van der Waals surface area contributed by atoms with Crippen LogP contribution in [0.1, 0.15) is 25.0 Å². The number of aliphatic hydroxyl groups excluding tert-OH is 1. The van der Waals surface area contributed by atoms with Gasteiger partial charge in [-0.25, -0.2) is 0 Å². The Morgan fingerprint density at radius 3 is 2.95 bits per heavy atom. The Labute approximate surface area is 129 Å². The number of carbonyl (C=O) groups excluding carboxylic acids is 1. The third-order valence-electron chi connectivity index (χ3n) is 3.44. The Hall–Kier alpha value is -1.94. The van der Waals surface area contributed by atoms with Gasteiger partial charge in [-0.3, -0.25) is 4.79 Å². The van der Waals surface area contributed by atoms with Gasteiger partial charge in [0.25, 0.3) is 0 Å². The van der Waals surface area contributed by atoms with Gasteiger partial charge in [0.1, 0.15) is 6.10 Å². The Bertz CT molecular complexity index is 580. The highest BCUT2D eigenvalue weighted by molar-refractivity contribution is 5.79. The number of benzene rings is 1. The standard InChI is InChI=1S/C16H20N2O4/c1-16(2)21-10-14(22-16)13(9-19)18-15(20)7-11-4-3-5-12(6-11)8-17/h3-6,13-14,19H,7,9-10H2,1-2H3,(H,18,20)/t13-,14-/m1/s1. The highest BCUT2D eigenvalue weighted by Crippen LogP contribution is 2.24. The first-order valence-electron chi connectivity index (χ1n) is 7.14. The molecule has 6 nitrogen and oxygen atoms in total. The van der Waals surface area contributed by atoms with Gasteiger partial charge in [0.15, 0.2) is 5.79 Å². The molecule has 1 saturated heterocycles. The number of hydrogen-bond acceptors (Lipinski definition) is 5. The van der Waals surface area contributed by atoms with Crippen LogP contribution >= 0.6 is 0 Å². The highest BCUT2D eigenvalue weighted by Gasteiger charge is 2.37. The van der Waals surface area contributed by atoms with Crippen molar-refractivity contribution in [2.24, 2.45) is 0 Å². The fourth-order valence-corrected chi connectivity index (χ4v) is 2.36. The minimum absolute atomic E-state index is 0.142. The van der Waals surface area contributed by atoms with Crippen molar-refractivity contribution < 1.29 is 19.4 Å². The summed E-state index contributed by atoms with van der Waals surface area (Å²) >= 11 is 0. The predicted octanol–water partition coefficient (Wildman–Crippen LogP) is 0.729. The average Bonchev–Trinajstić information content (AvgIpc) is 2.85. The molecule has 2 N–H and O–H groups in total. The van der Waals surface area contributed by atoms with Crippen LogP contribution in [0.25, 0.3) is 0 Å². The molecule has 2 atom stereocenters. The first kappa shape index (κ1) is 16.4. The maximum absolute atomic E-state index is 12.1. The van der Waals surface area contributed by atoms with Crippen molar-refractivity contribution in [3.05, 3.63) is 35.4 Å². The van der Waals surface area contributed by atoms with Gasteiger partial charge >= 0.3 is 0 Å². The summed E-state index contributed by atoms with van der Waals surface area (Å²) < 4.78 is 11.1. The van der Waals surface area contributed by atoms with Crippen molar-refractivity contribution in [1.82, 2.24) is 5.32 Å². The van der Waals surface area contributed by atoms with E-state index in [0.29, 0.717) is 12.2 Å². The number of amides is 1. The van der Waals surface area contributed by atoms with E-state index >= 15 is 0 Å². The molecule has 22 heavy (non-hydrogen) atoms. The maximum atomic E-state index is 12.1. The first-order valence-corrected chi connectivity index (χ1v) is 7.14. The summed E-state index contributed by atoms with van der Waals surface area (Å²) in [6, 6.07) is 8.40. The SMILES string of the molecule is CC1(C)OC[C@H]([C@@H](CO)NC(=O)Cc2cccc(C#N)c2)O1. The van der Waals surface area contributed by atoms with Crippen molar-refractivity contribution in [1.29, 1.82) is 5.26 Å². The van der Waals surface area contributed by atoms with Crippen molar-refractivity contribution in [3.63, 3.8) is 0 Å². The average molecular weight is 304 g/mol. The number of ether oxygens (including phenoxy) is 2. The summed E-state index contributed by atoms with van der Waals surface area (Å²) in [6.45, 7) is 3.67. The van der Waals surface area contributed by atoms with E-state index < -0.39 is 11.8 Å². The smallest absolute Gasteiger partial charge is 0.224 e. The molecule has 0 aliphatic carbocycles. The second-order valence-electron chi connectivity index (χ2n) is 5.71. The van der Waals surface area contributed by atoms with E-state index in [2.05, 4.69) is 5.32 Å². The zero-order valence-corrected chi connectivity index (χ0v) is 12.7. The zero-order valence-electron chi connectivity index (χ0n) is 12.7. The predicted molar refractivity (Wildman–Crippen MR) is 78.8 cm³/mol. The van der Waals surface area contributed by atoms with Gasteiger partial charge in [-0.15, -0.1) is 0 Å². The number of hydrogen-bond donors (Lipinski definition) is 2. The number of nitrogens with one attached hydrogen (secondary N) is 1. The monoisotopic (exact) mass is 304 g/mol. The van der Waals surface area contributed by atoms with E-state index in [1.54, 1.807) is 38.1 Å². The minimum atomic E-state index is -0.704. The molecule has 0 radical (unpaired) electrons. The van der Waals surface area contributed by atoms with Crippen LogP contribution in [0.5, 0.6) is 0 Å². The lowest BCUT2D eigenvalue weighted by molar-refractivity contribution is -0.145. The quantitative estimate of drug-likeness (QED) is 0.836. The van der Waals surface area contributed by atoms with Crippen molar-refractivity contribution in [3.8, 4) is 6.07 Å². The van der Waals surface area contributed by atoms with Crippen molar-refractivity contribution >= 4 is 5.91 Å². The largest absolute Gasteiger partial charge is 0.394 e. The van der Waals surface area contributed by atoms with Crippen LogP contribution in [-0.2, 0) is 20.7 Å². The molecule has 1 amide bonds. The van der Waals surface area contributed by atoms with Gasteiger partial charge < -0.3 is 19.9 Å². The molecule has 0 bridgehead atoms. The summed E-state index contributed by atoms with van der Waals surface area (Å²) in [5.41, 5.74) is 1.26. The number of nitrogens with zero attached hydrogens (tertiary/aromatic N) is 1. The van der Waals surface area contributed by atoms with Crippen molar-refractivity contribution in [2.75, 3.05) is 13.2 Å². The molecule has 118 valence electrons. The molecule has 0 aromatic heterocycles. The summed E-state index contributed by atoms with van der Waals surface area (Å²) in [4.78, 5) is 12.1. The molecular weight excluding hydrogens is 284 g/mol. The fraction of sp³-hybridized carbons (Fsp3) is 0.500. The zero-order chi connectivity index (χ0) is 16.2. The van der Waals surface area contributed by atoms with E-state index in [-0.39, 0.29) is 25.0 Å². The highest BCUT2D eigenvalue weighted by atomic mass is 16.7. The Morgan fingerprint density at radius 1 is 1.59 bits per heavy atom. The third kappa shape index (κ3) is 4.28. The van der Waals surface area contributed by atoms with E-state index in [0.717, 1.165) is 5.56 Å². The second-order valence-corrected chi connectivity index (χ2v) is 5.71. The molecule has 1 aromatic carbocycles. The molecule has 0 unspecified atom stereocenters. The third-order valence-corrected chi connectivity index (χ3v) is 3.44. The summed E-state index contributed by atoms with van der Waals surface area (Å²) in [7, 11) is 0. The Balaban J connectivity index is 1.94. The molecule has 1 fully saturated rings. The molecule has 0 saturated carbocycles. The van der Waals surface area contributed by atoms with Gasteiger partial charge in [0.05, 0.1) is 37.3 Å². The summed E-state index contributed by atoms with van der Waals surface area (Å²) in [6.07, 6.45) is -0.238.